The van der Waals surface area contributed by atoms with E-state index in [0.29, 0.717) is 22.5 Å². The largest absolute Gasteiger partial charge is 0.321 e. The van der Waals surface area contributed by atoms with Crippen LogP contribution in [0.3, 0.4) is 0 Å². The van der Waals surface area contributed by atoms with Crippen LogP contribution in [-0.2, 0) is 0 Å². The van der Waals surface area contributed by atoms with Gasteiger partial charge in [0.05, 0.1) is 21.9 Å². The van der Waals surface area contributed by atoms with Crippen LogP contribution in [0.25, 0.3) is 16.9 Å². The molecular weight excluding hydrogens is 399 g/mol. The molecule has 0 radical (unpaired) electrons. The highest BCUT2D eigenvalue weighted by Crippen LogP contribution is 2.27. The molecule has 8 heteroatoms. The number of anilines is 1. The third-order valence-electron chi connectivity index (χ3n) is 4.78. The van der Waals surface area contributed by atoms with E-state index in [9.17, 15) is 19.3 Å². The Morgan fingerprint density at radius 1 is 1.06 bits per heavy atom. The van der Waals surface area contributed by atoms with Gasteiger partial charge in [-0.15, -0.1) is 0 Å². The third kappa shape index (κ3) is 4.18. The number of rotatable bonds is 5. The van der Waals surface area contributed by atoms with Gasteiger partial charge in [-0.1, -0.05) is 24.3 Å². The molecule has 4 aromatic rings. The second kappa shape index (κ2) is 8.19. The Bertz CT molecular complexity index is 1270. The molecule has 154 valence electrons. The number of halogens is 1. The van der Waals surface area contributed by atoms with Gasteiger partial charge in [-0.3, -0.25) is 14.9 Å². The summed E-state index contributed by atoms with van der Waals surface area (Å²) in [4.78, 5) is 23.7. The molecule has 1 N–H and O–H groups in total. The summed E-state index contributed by atoms with van der Waals surface area (Å²) in [6.45, 7) is 1.74. The Hall–Kier alpha value is -4.33. The molecule has 7 nitrogen and oxygen atoms in total. The van der Waals surface area contributed by atoms with Crippen LogP contribution >= 0.6 is 0 Å². The SMILES string of the molecule is Cc1ccc([N+](=O)[O-])cc1NC(=O)c1cn(-c2ccccc2)nc1-c1ccc(F)cc1. The fraction of sp³-hybridized carbons (Fsp3) is 0.0435. The van der Waals surface area contributed by atoms with Crippen LogP contribution in [0.4, 0.5) is 15.8 Å². The van der Waals surface area contributed by atoms with Crippen LogP contribution in [-0.4, -0.2) is 20.6 Å². The summed E-state index contributed by atoms with van der Waals surface area (Å²) in [5.74, 6) is -0.880. The molecule has 4 rings (SSSR count). The Morgan fingerprint density at radius 3 is 2.45 bits per heavy atom. The fourth-order valence-electron chi connectivity index (χ4n) is 3.12. The quantitative estimate of drug-likeness (QED) is 0.360. The van der Waals surface area contributed by atoms with Gasteiger partial charge in [0.1, 0.15) is 11.5 Å². The first-order chi connectivity index (χ1) is 14.9. The van der Waals surface area contributed by atoms with E-state index in [1.54, 1.807) is 36.0 Å². The molecule has 0 aliphatic rings. The van der Waals surface area contributed by atoms with E-state index in [0.717, 1.165) is 5.69 Å². The second-order valence-corrected chi connectivity index (χ2v) is 6.89. The number of amides is 1. The van der Waals surface area contributed by atoms with E-state index in [-0.39, 0.29) is 11.3 Å². The lowest BCUT2D eigenvalue weighted by atomic mass is 10.1. The van der Waals surface area contributed by atoms with Gasteiger partial charge in [0.2, 0.25) is 0 Å². The van der Waals surface area contributed by atoms with Crippen molar-refractivity contribution in [3.63, 3.8) is 0 Å². The molecule has 0 saturated carbocycles. The van der Waals surface area contributed by atoms with Crippen molar-refractivity contribution >= 4 is 17.3 Å². The van der Waals surface area contributed by atoms with Gasteiger partial charge in [0.15, 0.2) is 0 Å². The summed E-state index contributed by atoms with van der Waals surface area (Å²) in [5, 5.41) is 18.4. The minimum Gasteiger partial charge on any atom is -0.321 e. The minimum atomic E-state index is -0.521. The van der Waals surface area contributed by atoms with Gasteiger partial charge in [0, 0.05) is 23.9 Å². The Labute approximate surface area is 176 Å². The Kier molecular flexibility index (Phi) is 5.28. The first kappa shape index (κ1) is 20.0. The highest BCUT2D eigenvalue weighted by Gasteiger charge is 2.20. The number of carbonyl (C=O) groups is 1. The van der Waals surface area contributed by atoms with Crippen molar-refractivity contribution in [2.24, 2.45) is 0 Å². The van der Waals surface area contributed by atoms with E-state index in [4.69, 9.17) is 0 Å². The highest BCUT2D eigenvalue weighted by molar-refractivity contribution is 6.08. The normalized spacial score (nSPS) is 10.6. The van der Waals surface area contributed by atoms with Crippen molar-refractivity contribution in [1.82, 2.24) is 9.78 Å². The predicted molar refractivity (Wildman–Crippen MR) is 115 cm³/mol. The molecule has 0 aliphatic carbocycles. The third-order valence-corrected chi connectivity index (χ3v) is 4.78. The summed E-state index contributed by atoms with van der Waals surface area (Å²) in [5.41, 5.74) is 2.81. The van der Waals surface area contributed by atoms with Crippen molar-refractivity contribution in [1.29, 1.82) is 0 Å². The molecule has 0 bridgehead atoms. The number of non-ortho nitro benzene ring substituents is 1. The van der Waals surface area contributed by atoms with Crippen LogP contribution in [0, 0.1) is 22.9 Å². The van der Waals surface area contributed by atoms with Crippen LogP contribution < -0.4 is 5.32 Å². The predicted octanol–water partition coefficient (Wildman–Crippen LogP) is 5.15. The number of carbonyl (C=O) groups excluding carboxylic acids is 1. The van der Waals surface area contributed by atoms with Gasteiger partial charge in [0.25, 0.3) is 11.6 Å². The molecule has 0 fully saturated rings. The van der Waals surface area contributed by atoms with Gasteiger partial charge >= 0.3 is 0 Å². The lowest BCUT2D eigenvalue weighted by molar-refractivity contribution is -0.384. The molecule has 3 aromatic carbocycles. The molecule has 31 heavy (non-hydrogen) atoms. The van der Waals surface area contributed by atoms with E-state index in [2.05, 4.69) is 10.4 Å². The summed E-state index contributed by atoms with van der Waals surface area (Å²) >= 11 is 0. The number of aromatic nitrogens is 2. The molecule has 0 saturated heterocycles. The average Bonchev–Trinajstić information content (AvgIpc) is 3.22. The molecule has 1 amide bonds. The smallest absolute Gasteiger partial charge is 0.271 e. The standard InChI is InChI=1S/C23H17FN4O3/c1-15-7-12-19(28(30)31)13-21(15)25-23(29)20-14-27(18-5-3-2-4-6-18)26-22(20)16-8-10-17(24)11-9-16/h2-14H,1H3,(H,25,29). The zero-order chi connectivity index (χ0) is 22.0. The molecule has 0 aliphatic heterocycles. The van der Waals surface area contributed by atoms with Gasteiger partial charge < -0.3 is 5.32 Å². The van der Waals surface area contributed by atoms with Gasteiger partial charge in [-0.05, 0) is 48.9 Å². The number of nitro groups is 1. The number of para-hydroxylation sites is 1. The summed E-state index contributed by atoms with van der Waals surface area (Å²) in [7, 11) is 0. The van der Waals surface area contributed by atoms with Crippen molar-refractivity contribution in [2.75, 3.05) is 5.32 Å². The van der Waals surface area contributed by atoms with Gasteiger partial charge in [-0.2, -0.15) is 5.10 Å². The number of aryl methyl sites for hydroxylation is 1. The molecule has 0 spiro atoms. The second-order valence-electron chi connectivity index (χ2n) is 6.89. The first-order valence-electron chi connectivity index (χ1n) is 9.40. The van der Waals surface area contributed by atoms with Crippen LogP contribution in [0.2, 0.25) is 0 Å². The number of hydrogen-bond acceptors (Lipinski definition) is 4. The van der Waals surface area contributed by atoms with E-state index >= 15 is 0 Å². The zero-order valence-corrected chi connectivity index (χ0v) is 16.4. The average molecular weight is 416 g/mol. The van der Waals surface area contributed by atoms with Crippen LogP contribution in [0.5, 0.6) is 0 Å². The number of nitro benzene ring substituents is 1. The highest BCUT2D eigenvalue weighted by atomic mass is 19.1. The van der Waals surface area contributed by atoms with Crippen molar-refractivity contribution in [3.05, 3.63) is 106 Å². The Morgan fingerprint density at radius 2 is 1.77 bits per heavy atom. The Balaban J connectivity index is 1.77. The number of hydrogen-bond donors (Lipinski definition) is 1. The summed E-state index contributed by atoms with van der Waals surface area (Å²) in [6, 6.07) is 19.2. The van der Waals surface area contributed by atoms with Crippen molar-refractivity contribution in [3.8, 4) is 16.9 Å². The monoisotopic (exact) mass is 416 g/mol. The van der Waals surface area contributed by atoms with Crippen molar-refractivity contribution < 1.29 is 14.1 Å². The van der Waals surface area contributed by atoms with Crippen molar-refractivity contribution in [2.45, 2.75) is 6.92 Å². The number of nitrogens with zero attached hydrogens (tertiary/aromatic N) is 3. The fourth-order valence-corrected chi connectivity index (χ4v) is 3.12. The first-order valence-corrected chi connectivity index (χ1v) is 9.40. The lowest BCUT2D eigenvalue weighted by Crippen LogP contribution is -2.13. The molecule has 1 heterocycles. The zero-order valence-electron chi connectivity index (χ0n) is 16.4. The van der Waals surface area contributed by atoms with E-state index in [1.807, 2.05) is 30.3 Å². The topological polar surface area (TPSA) is 90.1 Å². The molecule has 0 unspecified atom stereocenters. The molecular formula is C23H17FN4O3. The van der Waals surface area contributed by atoms with E-state index in [1.165, 1.54) is 24.3 Å². The van der Waals surface area contributed by atoms with Gasteiger partial charge in [-0.25, -0.2) is 9.07 Å². The number of nitrogens with one attached hydrogen (secondary N) is 1. The molecule has 1 aromatic heterocycles. The van der Waals surface area contributed by atoms with Crippen LogP contribution in [0.15, 0.2) is 79.0 Å². The van der Waals surface area contributed by atoms with E-state index < -0.39 is 16.6 Å². The van der Waals surface area contributed by atoms with Crippen LogP contribution in [0.1, 0.15) is 15.9 Å². The molecule has 0 atom stereocenters. The summed E-state index contributed by atoms with van der Waals surface area (Å²) < 4.78 is 15.0. The maximum atomic E-state index is 13.4. The minimum absolute atomic E-state index is 0.125. The lowest BCUT2D eigenvalue weighted by Gasteiger charge is -2.08. The maximum absolute atomic E-state index is 13.4. The number of benzene rings is 3. The summed E-state index contributed by atoms with van der Waals surface area (Å²) in [6.07, 6.45) is 1.58. The maximum Gasteiger partial charge on any atom is 0.271 e.